The van der Waals surface area contributed by atoms with E-state index in [2.05, 4.69) is 15.6 Å². The largest absolute Gasteiger partial charge is 0.481 e. The summed E-state index contributed by atoms with van der Waals surface area (Å²) in [6.45, 7) is 1.96. The first kappa shape index (κ1) is 17.4. The standard InChI is InChI=1S/C18H21N3O3S/c1-11-10-25-16(19-11)12-2-6-14(7-3-12)20-18(24)21-15-8-4-13(5-9-15)17(22)23/h2-3,6-7,10,13,15H,4-5,8-9H2,1H3,(H,22,23)(H2,20,21,24). The predicted octanol–water partition coefficient (Wildman–Crippen LogP) is 3.88. The molecule has 0 unspecified atom stereocenters. The van der Waals surface area contributed by atoms with Gasteiger partial charge in [0.1, 0.15) is 5.01 Å². The van der Waals surface area contributed by atoms with Gasteiger partial charge in [0.2, 0.25) is 0 Å². The van der Waals surface area contributed by atoms with E-state index < -0.39 is 5.97 Å². The molecule has 6 nitrogen and oxygen atoms in total. The molecule has 132 valence electrons. The normalized spacial score (nSPS) is 20.0. The number of anilines is 1. The number of aliphatic carboxylic acids is 1. The quantitative estimate of drug-likeness (QED) is 0.772. The molecule has 0 saturated heterocycles. The molecule has 3 rings (SSSR count). The molecule has 2 aromatic rings. The lowest BCUT2D eigenvalue weighted by atomic mass is 9.86. The van der Waals surface area contributed by atoms with Crippen LogP contribution in [0, 0.1) is 12.8 Å². The maximum atomic E-state index is 12.1. The summed E-state index contributed by atoms with van der Waals surface area (Å²) >= 11 is 1.60. The molecule has 1 aliphatic carbocycles. The van der Waals surface area contributed by atoms with Crippen molar-refractivity contribution < 1.29 is 14.7 Å². The van der Waals surface area contributed by atoms with Gasteiger partial charge < -0.3 is 15.7 Å². The van der Waals surface area contributed by atoms with Crippen molar-refractivity contribution in [2.24, 2.45) is 5.92 Å². The minimum absolute atomic E-state index is 0.0353. The highest BCUT2D eigenvalue weighted by Gasteiger charge is 2.26. The molecule has 1 fully saturated rings. The molecule has 1 heterocycles. The fourth-order valence-corrected chi connectivity index (χ4v) is 3.82. The second kappa shape index (κ2) is 7.65. The van der Waals surface area contributed by atoms with Gasteiger partial charge in [0.25, 0.3) is 0 Å². The van der Waals surface area contributed by atoms with E-state index in [4.69, 9.17) is 5.11 Å². The van der Waals surface area contributed by atoms with Crippen molar-refractivity contribution in [3.8, 4) is 10.6 Å². The third-order valence-corrected chi connectivity index (χ3v) is 5.43. The van der Waals surface area contributed by atoms with E-state index in [1.807, 2.05) is 36.6 Å². The van der Waals surface area contributed by atoms with Crippen molar-refractivity contribution in [2.75, 3.05) is 5.32 Å². The monoisotopic (exact) mass is 359 g/mol. The Kier molecular flexibility index (Phi) is 5.33. The van der Waals surface area contributed by atoms with Crippen LogP contribution in [0.25, 0.3) is 10.6 Å². The first-order chi connectivity index (χ1) is 12.0. The molecule has 0 aliphatic heterocycles. The molecule has 3 N–H and O–H groups in total. The zero-order valence-corrected chi connectivity index (χ0v) is 14.8. The summed E-state index contributed by atoms with van der Waals surface area (Å²) in [5, 5.41) is 17.7. The number of carbonyl (C=O) groups is 2. The third kappa shape index (κ3) is 4.57. The Hall–Kier alpha value is -2.41. The van der Waals surface area contributed by atoms with Crippen molar-refractivity contribution in [3.05, 3.63) is 35.3 Å². The first-order valence-electron chi connectivity index (χ1n) is 8.34. The highest BCUT2D eigenvalue weighted by Crippen LogP contribution is 2.26. The number of hydrogen-bond acceptors (Lipinski definition) is 4. The number of carbonyl (C=O) groups excluding carboxylic acids is 1. The lowest BCUT2D eigenvalue weighted by Gasteiger charge is -2.26. The van der Waals surface area contributed by atoms with Crippen LogP contribution in [-0.2, 0) is 4.79 Å². The van der Waals surface area contributed by atoms with Gasteiger partial charge in [0, 0.05) is 28.4 Å². The summed E-state index contributed by atoms with van der Waals surface area (Å²) in [4.78, 5) is 27.5. The summed E-state index contributed by atoms with van der Waals surface area (Å²) in [7, 11) is 0. The van der Waals surface area contributed by atoms with E-state index in [0.29, 0.717) is 31.4 Å². The molecule has 0 atom stereocenters. The number of aryl methyl sites for hydroxylation is 1. The minimum Gasteiger partial charge on any atom is -0.481 e. The number of carboxylic acid groups (broad SMARTS) is 1. The van der Waals surface area contributed by atoms with E-state index in [1.54, 1.807) is 11.3 Å². The first-order valence-corrected chi connectivity index (χ1v) is 9.22. The highest BCUT2D eigenvalue weighted by atomic mass is 32.1. The summed E-state index contributed by atoms with van der Waals surface area (Å²) in [6.07, 6.45) is 2.63. The third-order valence-electron chi connectivity index (χ3n) is 4.42. The molecule has 0 bridgehead atoms. The topological polar surface area (TPSA) is 91.3 Å². The van der Waals surface area contributed by atoms with Gasteiger partial charge in [-0.1, -0.05) is 0 Å². The number of carboxylic acids is 1. The Balaban J connectivity index is 1.51. The summed E-state index contributed by atoms with van der Waals surface area (Å²) in [5.41, 5.74) is 2.74. The molecule has 1 aromatic carbocycles. The molecule has 7 heteroatoms. The Labute approximate surface area is 150 Å². The number of urea groups is 1. The Bertz CT molecular complexity index is 749. The van der Waals surface area contributed by atoms with Crippen molar-refractivity contribution >= 4 is 29.0 Å². The number of nitrogens with one attached hydrogen (secondary N) is 2. The van der Waals surface area contributed by atoms with Gasteiger partial charge in [0.05, 0.1) is 5.92 Å². The number of hydrogen-bond donors (Lipinski definition) is 3. The summed E-state index contributed by atoms with van der Waals surface area (Å²) in [6, 6.07) is 7.36. The molecule has 1 aromatic heterocycles. The van der Waals surface area contributed by atoms with Crippen molar-refractivity contribution in [3.63, 3.8) is 0 Å². The van der Waals surface area contributed by atoms with Crippen LogP contribution in [-0.4, -0.2) is 28.1 Å². The lowest BCUT2D eigenvalue weighted by Crippen LogP contribution is -2.40. The maximum Gasteiger partial charge on any atom is 0.319 e. The van der Waals surface area contributed by atoms with Gasteiger partial charge >= 0.3 is 12.0 Å². The average molecular weight is 359 g/mol. The second-order valence-electron chi connectivity index (χ2n) is 6.36. The fraction of sp³-hybridized carbons (Fsp3) is 0.389. The Morgan fingerprint density at radius 2 is 1.84 bits per heavy atom. The number of benzene rings is 1. The Morgan fingerprint density at radius 1 is 1.16 bits per heavy atom. The lowest BCUT2D eigenvalue weighted by molar-refractivity contribution is -0.142. The van der Waals surface area contributed by atoms with Crippen molar-refractivity contribution in [2.45, 2.75) is 38.6 Å². The molecule has 1 saturated carbocycles. The molecule has 0 radical (unpaired) electrons. The second-order valence-corrected chi connectivity index (χ2v) is 7.21. The number of thiazole rings is 1. The zero-order chi connectivity index (χ0) is 17.8. The van der Waals surface area contributed by atoms with E-state index >= 15 is 0 Å². The maximum absolute atomic E-state index is 12.1. The van der Waals surface area contributed by atoms with Gasteiger partial charge in [-0.2, -0.15) is 0 Å². The summed E-state index contributed by atoms with van der Waals surface area (Å²) < 4.78 is 0. The fourth-order valence-electron chi connectivity index (χ4n) is 3.02. The predicted molar refractivity (Wildman–Crippen MR) is 97.8 cm³/mol. The number of rotatable bonds is 4. The molecular formula is C18H21N3O3S. The molecule has 1 aliphatic rings. The summed E-state index contributed by atoms with van der Waals surface area (Å²) in [5.74, 6) is -1.01. The minimum atomic E-state index is -0.738. The van der Waals surface area contributed by atoms with Gasteiger partial charge in [-0.3, -0.25) is 4.79 Å². The van der Waals surface area contributed by atoms with Gasteiger partial charge in [-0.05, 0) is 56.9 Å². The molecule has 0 spiro atoms. The van der Waals surface area contributed by atoms with Crippen molar-refractivity contribution in [1.82, 2.24) is 10.3 Å². The smallest absolute Gasteiger partial charge is 0.319 e. The number of aromatic nitrogens is 1. The van der Waals surface area contributed by atoms with Crippen LogP contribution in [0.2, 0.25) is 0 Å². The SMILES string of the molecule is Cc1csc(-c2ccc(NC(=O)NC3CCC(C(=O)O)CC3)cc2)n1. The van der Waals surface area contributed by atoms with E-state index in [9.17, 15) is 9.59 Å². The van der Waals surface area contributed by atoms with E-state index in [-0.39, 0.29) is 18.0 Å². The number of nitrogens with zero attached hydrogens (tertiary/aromatic N) is 1. The van der Waals surface area contributed by atoms with Crippen LogP contribution in [0.5, 0.6) is 0 Å². The molecule has 25 heavy (non-hydrogen) atoms. The van der Waals surface area contributed by atoms with Crippen LogP contribution >= 0.6 is 11.3 Å². The van der Waals surface area contributed by atoms with E-state index in [1.165, 1.54) is 0 Å². The molecule has 2 amide bonds. The van der Waals surface area contributed by atoms with Crippen LogP contribution in [0.3, 0.4) is 0 Å². The highest BCUT2D eigenvalue weighted by molar-refractivity contribution is 7.13. The van der Waals surface area contributed by atoms with Crippen LogP contribution in [0.1, 0.15) is 31.4 Å². The molecular weight excluding hydrogens is 338 g/mol. The van der Waals surface area contributed by atoms with Crippen molar-refractivity contribution in [1.29, 1.82) is 0 Å². The average Bonchev–Trinajstić information content (AvgIpc) is 3.02. The van der Waals surface area contributed by atoms with Crippen LogP contribution in [0.4, 0.5) is 10.5 Å². The van der Waals surface area contributed by atoms with Crippen LogP contribution < -0.4 is 10.6 Å². The van der Waals surface area contributed by atoms with Gasteiger partial charge in [0.15, 0.2) is 0 Å². The zero-order valence-electron chi connectivity index (χ0n) is 14.0. The number of amides is 2. The van der Waals surface area contributed by atoms with E-state index in [0.717, 1.165) is 16.3 Å². The Morgan fingerprint density at radius 3 is 2.40 bits per heavy atom. The van der Waals surface area contributed by atoms with Gasteiger partial charge in [-0.25, -0.2) is 9.78 Å². The van der Waals surface area contributed by atoms with Crippen LogP contribution in [0.15, 0.2) is 29.6 Å². The van der Waals surface area contributed by atoms with Gasteiger partial charge in [-0.15, -0.1) is 11.3 Å².